The van der Waals surface area contributed by atoms with Crippen molar-refractivity contribution in [1.29, 1.82) is 0 Å². The predicted molar refractivity (Wildman–Crippen MR) is 45.7 cm³/mol. The zero-order valence-electron chi connectivity index (χ0n) is 6.16. The number of rotatable bonds is 0. The molecule has 60 valence electrons. The molecule has 2 unspecified atom stereocenters. The number of fused-ring (bicyclic) bond motifs is 3. The van der Waals surface area contributed by atoms with Gasteiger partial charge < -0.3 is 0 Å². The number of nitrogens with one attached hydrogen (secondary N) is 1. The van der Waals surface area contributed by atoms with E-state index < -0.39 is 0 Å². The Morgan fingerprint density at radius 3 is 3.25 bits per heavy atom. The van der Waals surface area contributed by atoms with Crippen molar-refractivity contribution in [1.82, 2.24) is 15.3 Å². The molecule has 0 aromatic carbocycles. The van der Waals surface area contributed by atoms with Crippen LogP contribution < -0.4 is 5.32 Å². The summed E-state index contributed by atoms with van der Waals surface area (Å²) in [6, 6.07) is 0.856. The second-order valence-corrected chi connectivity index (χ2v) is 3.35. The first kappa shape index (κ1) is 6.57. The third-order valence-electron chi connectivity index (χ3n) is 2.25. The Bertz CT molecular complexity index is 375. The molecule has 0 bridgehead atoms. The molecular weight excluding hydrogens is 174 g/mol. The standard InChI is InChI=1S/C8H6ClN3/c9-8-4-1-2-5-7(12-5)6(4)10-3-11-8/h1-3,5,7,12H. The molecule has 2 aliphatic rings. The molecule has 1 N–H and O–H groups in total. The molecule has 1 fully saturated rings. The van der Waals surface area contributed by atoms with Gasteiger partial charge in [-0.1, -0.05) is 23.8 Å². The second kappa shape index (κ2) is 2.06. The Hall–Kier alpha value is -0.930. The molecule has 1 aromatic rings. The van der Waals surface area contributed by atoms with Crippen LogP contribution in [-0.4, -0.2) is 16.0 Å². The summed E-state index contributed by atoms with van der Waals surface area (Å²) >= 11 is 5.90. The lowest BCUT2D eigenvalue weighted by molar-refractivity contribution is 0.944. The van der Waals surface area contributed by atoms with Gasteiger partial charge in [0.25, 0.3) is 0 Å². The van der Waals surface area contributed by atoms with Crippen LogP contribution in [0.25, 0.3) is 6.08 Å². The minimum Gasteiger partial charge on any atom is -0.299 e. The summed E-state index contributed by atoms with van der Waals surface area (Å²) < 4.78 is 0. The van der Waals surface area contributed by atoms with Gasteiger partial charge in [0, 0.05) is 11.6 Å². The molecule has 4 heteroatoms. The first-order valence-corrected chi connectivity index (χ1v) is 4.19. The number of hydrogen-bond donors (Lipinski definition) is 1. The largest absolute Gasteiger partial charge is 0.299 e. The van der Waals surface area contributed by atoms with Gasteiger partial charge in [0.05, 0.1) is 11.7 Å². The van der Waals surface area contributed by atoms with E-state index >= 15 is 0 Å². The second-order valence-electron chi connectivity index (χ2n) is 2.99. The van der Waals surface area contributed by atoms with Gasteiger partial charge in [-0.3, -0.25) is 5.32 Å². The van der Waals surface area contributed by atoms with E-state index in [1.807, 2.05) is 6.08 Å². The first-order chi connectivity index (χ1) is 5.86. The third-order valence-corrected chi connectivity index (χ3v) is 2.55. The van der Waals surface area contributed by atoms with Crippen molar-refractivity contribution in [3.8, 4) is 0 Å². The van der Waals surface area contributed by atoms with Gasteiger partial charge in [0.15, 0.2) is 0 Å². The molecule has 1 aliphatic heterocycles. The van der Waals surface area contributed by atoms with Crippen LogP contribution in [0.5, 0.6) is 0 Å². The Kier molecular flexibility index (Phi) is 1.13. The zero-order chi connectivity index (χ0) is 8.13. The molecule has 0 saturated carbocycles. The van der Waals surface area contributed by atoms with Crippen LogP contribution in [-0.2, 0) is 0 Å². The van der Waals surface area contributed by atoms with E-state index in [1.54, 1.807) is 0 Å². The average molecular weight is 180 g/mol. The summed E-state index contributed by atoms with van der Waals surface area (Å²) in [7, 11) is 0. The van der Waals surface area contributed by atoms with Crippen LogP contribution in [0.3, 0.4) is 0 Å². The smallest absolute Gasteiger partial charge is 0.139 e. The van der Waals surface area contributed by atoms with E-state index in [9.17, 15) is 0 Å². The molecule has 0 amide bonds. The Labute approximate surface area is 74.5 Å². The zero-order valence-corrected chi connectivity index (χ0v) is 6.92. The quantitative estimate of drug-likeness (QED) is 0.481. The Balaban J connectivity index is 2.26. The van der Waals surface area contributed by atoms with E-state index in [1.165, 1.54) is 6.33 Å². The highest BCUT2D eigenvalue weighted by atomic mass is 35.5. The molecule has 1 aliphatic carbocycles. The van der Waals surface area contributed by atoms with E-state index in [4.69, 9.17) is 11.6 Å². The molecule has 3 rings (SSSR count). The number of nitrogens with zero attached hydrogens (tertiary/aromatic N) is 2. The fourth-order valence-electron chi connectivity index (χ4n) is 1.56. The van der Waals surface area contributed by atoms with E-state index in [-0.39, 0.29) is 0 Å². The highest BCUT2D eigenvalue weighted by molar-refractivity contribution is 6.31. The highest BCUT2D eigenvalue weighted by Crippen LogP contribution is 2.37. The van der Waals surface area contributed by atoms with Gasteiger partial charge in [-0.2, -0.15) is 0 Å². The van der Waals surface area contributed by atoms with Crippen molar-refractivity contribution < 1.29 is 0 Å². The van der Waals surface area contributed by atoms with E-state index in [2.05, 4.69) is 21.4 Å². The maximum Gasteiger partial charge on any atom is 0.139 e. The molecule has 2 heterocycles. The van der Waals surface area contributed by atoms with Gasteiger partial charge >= 0.3 is 0 Å². The van der Waals surface area contributed by atoms with Gasteiger partial charge in [-0.05, 0) is 0 Å². The van der Waals surface area contributed by atoms with Crippen LogP contribution >= 0.6 is 11.6 Å². The lowest BCUT2D eigenvalue weighted by Crippen LogP contribution is -2.00. The van der Waals surface area contributed by atoms with Crippen molar-refractivity contribution >= 4 is 17.7 Å². The van der Waals surface area contributed by atoms with Gasteiger partial charge in [0.1, 0.15) is 11.5 Å². The average Bonchev–Trinajstić information content (AvgIpc) is 2.83. The highest BCUT2D eigenvalue weighted by Gasteiger charge is 2.40. The predicted octanol–water partition coefficient (Wildman–Crippen LogP) is 1.17. The van der Waals surface area contributed by atoms with Crippen molar-refractivity contribution in [2.45, 2.75) is 12.1 Å². The van der Waals surface area contributed by atoms with Crippen LogP contribution in [0.15, 0.2) is 12.4 Å². The fraction of sp³-hybridized carbons (Fsp3) is 0.250. The van der Waals surface area contributed by atoms with Crippen LogP contribution in [0, 0.1) is 0 Å². The molecule has 3 nitrogen and oxygen atoms in total. The fourth-order valence-corrected chi connectivity index (χ4v) is 1.76. The van der Waals surface area contributed by atoms with Crippen molar-refractivity contribution in [3.05, 3.63) is 28.8 Å². The summed E-state index contributed by atoms with van der Waals surface area (Å²) in [5.74, 6) is 0. The topological polar surface area (TPSA) is 47.7 Å². The van der Waals surface area contributed by atoms with Gasteiger partial charge in [-0.15, -0.1) is 0 Å². The normalized spacial score (nSPS) is 29.4. The molecule has 1 saturated heterocycles. The summed E-state index contributed by atoms with van der Waals surface area (Å²) in [5.41, 5.74) is 1.99. The maximum absolute atomic E-state index is 5.90. The van der Waals surface area contributed by atoms with Gasteiger partial charge in [-0.25, -0.2) is 9.97 Å². The summed E-state index contributed by atoms with van der Waals surface area (Å²) in [6.45, 7) is 0. The molecule has 2 atom stereocenters. The third kappa shape index (κ3) is 0.750. The SMILES string of the molecule is Clc1ncnc2c1C=CC1NC21. The number of aromatic nitrogens is 2. The van der Waals surface area contributed by atoms with E-state index in [0.29, 0.717) is 17.2 Å². The molecule has 1 aromatic heterocycles. The number of hydrogen-bond acceptors (Lipinski definition) is 3. The van der Waals surface area contributed by atoms with Crippen molar-refractivity contribution in [2.24, 2.45) is 0 Å². The molecular formula is C8H6ClN3. The Morgan fingerprint density at radius 2 is 2.33 bits per heavy atom. The molecule has 12 heavy (non-hydrogen) atoms. The van der Waals surface area contributed by atoms with Crippen molar-refractivity contribution in [2.75, 3.05) is 0 Å². The molecule has 0 spiro atoms. The Morgan fingerprint density at radius 1 is 1.42 bits per heavy atom. The summed E-state index contributed by atoms with van der Waals surface area (Å²) in [5, 5.41) is 3.82. The minimum absolute atomic E-state index is 0.380. The van der Waals surface area contributed by atoms with Crippen molar-refractivity contribution in [3.63, 3.8) is 0 Å². The van der Waals surface area contributed by atoms with Crippen LogP contribution in [0.2, 0.25) is 5.15 Å². The number of halogens is 1. The minimum atomic E-state index is 0.380. The summed E-state index contributed by atoms with van der Waals surface area (Å²) in [4.78, 5) is 8.11. The summed E-state index contributed by atoms with van der Waals surface area (Å²) in [6.07, 6.45) is 5.60. The lowest BCUT2D eigenvalue weighted by atomic mass is 10.1. The molecule has 0 radical (unpaired) electrons. The monoisotopic (exact) mass is 179 g/mol. The van der Waals surface area contributed by atoms with E-state index in [0.717, 1.165) is 11.3 Å². The van der Waals surface area contributed by atoms with Crippen LogP contribution in [0.1, 0.15) is 17.3 Å². The first-order valence-electron chi connectivity index (χ1n) is 3.81. The lowest BCUT2D eigenvalue weighted by Gasteiger charge is -2.06. The van der Waals surface area contributed by atoms with Gasteiger partial charge in [0.2, 0.25) is 0 Å². The van der Waals surface area contributed by atoms with Crippen LogP contribution in [0.4, 0.5) is 0 Å². The maximum atomic E-state index is 5.90.